The summed E-state index contributed by atoms with van der Waals surface area (Å²) in [5, 5.41) is 8.80. The third-order valence-electron chi connectivity index (χ3n) is 2.22. The predicted molar refractivity (Wildman–Crippen MR) is 68.0 cm³/mol. The second-order valence-electron chi connectivity index (χ2n) is 3.51. The minimum atomic E-state index is -3.52. The summed E-state index contributed by atoms with van der Waals surface area (Å²) in [6, 6.07) is 6.54. The molecule has 1 rings (SSSR count). The molecule has 0 radical (unpaired) electrons. The van der Waals surface area contributed by atoms with Gasteiger partial charge in [0.1, 0.15) is 11.0 Å². The summed E-state index contributed by atoms with van der Waals surface area (Å²) in [5.74, 6) is 1.00. The van der Waals surface area contributed by atoms with Crippen molar-refractivity contribution >= 4 is 15.9 Å². The Morgan fingerprint density at radius 2 is 1.89 bits per heavy atom. The zero-order valence-corrected chi connectivity index (χ0v) is 11.1. The van der Waals surface area contributed by atoms with Crippen LogP contribution in [-0.4, -0.2) is 28.9 Å². The zero-order chi connectivity index (χ0) is 13.8. The Hall–Kier alpha value is -2.00. The van der Waals surface area contributed by atoms with E-state index in [-0.39, 0.29) is 4.91 Å². The molecule has 0 bridgehead atoms. The topological polar surface area (TPSA) is 76.4 Å². The van der Waals surface area contributed by atoms with Gasteiger partial charge in [-0.15, -0.1) is 0 Å². The number of ether oxygens (including phenoxy) is 2. The van der Waals surface area contributed by atoms with E-state index in [0.717, 1.165) is 6.26 Å². The first-order valence-electron chi connectivity index (χ1n) is 4.96. The number of nitriles is 1. The number of methoxy groups -OCH3 is 2. The van der Waals surface area contributed by atoms with Crippen LogP contribution in [0.2, 0.25) is 0 Å². The number of nitrogens with zero attached hydrogens (tertiary/aromatic N) is 1. The number of rotatable bonds is 4. The van der Waals surface area contributed by atoms with E-state index in [0.29, 0.717) is 17.1 Å². The molecule has 6 heteroatoms. The standard InChI is InChI=1S/C12H13NO4S/c1-16-11-5-4-9(7-12(11)17-2)6-10(8-13)18(3,14)15/h4-7H,1-3H3. The molecule has 0 heterocycles. The molecule has 0 aliphatic rings. The first-order chi connectivity index (χ1) is 8.42. The highest BCUT2D eigenvalue weighted by atomic mass is 32.2. The zero-order valence-electron chi connectivity index (χ0n) is 10.3. The summed E-state index contributed by atoms with van der Waals surface area (Å²) in [4.78, 5) is -0.297. The van der Waals surface area contributed by atoms with Gasteiger partial charge in [0.15, 0.2) is 21.3 Å². The van der Waals surface area contributed by atoms with E-state index < -0.39 is 9.84 Å². The van der Waals surface area contributed by atoms with Crippen LogP contribution in [0.4, 0.5) is 0 Å². The maximum atomic E-state index is 11.3. The van der Waals surface area contributed by atoms with E-state index in [4.69, 9.17) is 14.7 Å². The van der Waals surface area contributed by atoms with E-state index in [9.17, 15) is 8.42 Å². The maximum Gasteiger partial charge on any atom is 0.185 e. The molecule has 0 saturated heterocycles. The van der Waals surface area contributed by atoms with E-state index in [2.05, 4.69) is 0 Å². The Bertz CT molecular complexity index is 611. The van der Waals surface area contributed by atoms with Gasteiger partial charge in [0.25, 0.3) is 0 Å². The molecule has 0 saturated carbocycles. The largest absolute Gasteiger partial charge is 0.493 e. The molecular formula is C12H13NO4S. The molecule has 0 amide bonds. The van der Waals surface area contributed by atoms with E-state index in [1.165, 1.54) is 20.3 Å². The van der Waals surface area contributed by atoms with E-state index >= 15 is 0 Å². The Morgan fingerprint density at radius 1 is 1.28 bits per heavy atom. The molecule has 96 valence electrons. The highest BCUT2D eigenvalue weighted by Crippen LogP contribution is 2.28. The van der Waals surface area contributed by atoms with Crippen molar-refractivity contribution in [1.82, 2.24) is 0 Å². The lowest BCUT2D eigenvalue weighted by Gasteiger charge is -2.07. The van der Waals surface area contributed by atoms with Crippen molar-refractivity contribution in [3.63, 3.8) is 0 Å². The highest BCUT2D eigenvalue weighted by Gasteiger charge is 2.11. The first kappa shape index (κ1) is 14.1. The van der Waals surface area contributed by atoms with Gasteiger partial charge in [0.05, 0.1) is 14.2 Å². The van der Waals surface area contributed by atoms with Crippen molar-refractivity contribution in [2.45, 2.75) is 0 Å². The normalized spacial score (nSPS) is 11.8. The van der Waals surface area contributed by atoms with Crippen LogP contribution >= 0.6 is 0 Å². The number of hydrogen-bond acceptors (Lipinski definition) is 5. The second kappa shape index (κ2) is 5.56. The highest BCUT2D eigenvalue weighted by molar-refractivity contribution is 7.95. The van der Waals surface area contributed by atoms with Gasteiger partial charge in [-0.2, -0.15) is 5.26 Å². The molecule has 0 aromatic heterocycles. The van der Waals surface area contributed by atoms with Gasteiger partial charge < -0.3 is 9.47 Å². The van der Waals surface area contributed by atoms with Crippen molar-refractivity contribution in [3.8, 4) is 17.6 Å². The smallest absolute Gasteiger partial charge is 0.185 e. The second-order valence-corrected chi connectivity index (χ2v) is 5.49. The molecule has 0 aliphatic carbocycles. The molecule has 5 nitrogen and oxygen atoms in total. The average Bonchev–Trinajstić information content (AvgIpc) is 2.34. The van der Waals surface area contributed by atoms with Crippen molar-refractivity contribution in [3.05, 3.63) is 28.7 Å². The van der Waals surface area contributed by atoms with Gasteiger partial charge >= 0.3 is 0 Å². The summed E-state index contributed by atoms with van der Waals surface area (Å²) in [6.07, 6.45) is 2.28. The van der Waals surface area contributed by atoms with Gasteiger partial charge in [0.2, 0.25) is 0 Å². The molecule has 0 spiro atoms. The van der Waals surface area contributed by atoms with Crippen LogP contribution in [0.5, 0.6) is 11.5 Å². The molecule has 18 heavy (non-hydrogen) atoms. The summed E-state index contributed by atoms with van der Waals surface area (Å²) in [6.45, 7) is 0. The van der Waals surface area contributed by atoms with Crippen LogP contribution in [-0.2, 0) is 9.84 Å². The van der Waals surface area contributed by atoms with Crippen molar-refractivity contribution in [2.75, 3.05) is 20.5 Å². The molecule has 1 aromatic carbocycles. The van der Waals surface area contributed by atoms with Crippen LogP contribution in [0, 0.1) is 11.3 Å². The van der Waals surface area contributed by atoms with Gasteiger partial charge in [-0.1, -0.05) is 6.07 Å². The minimum Gasteiger partial charge on any atom is -0.493 e. The number of hydrogen-bond donors (Lipinski definition) is 0. The molecule has 0 N–H and O–H groups in total. The lowest BCUT2D eigenvalue weighted by molar-refractivity contribution is 0.355. The van der Waals surface area contributed by atoms with Gasteiger partial charge in [-0.3, -0.25) is 0 Å². The van der Waals surface area contributed by atoms with Crippen LogP contribution in [0.1, 0.15) is 5.56 Å². The van der Waals surface area contributed by atoms with Crippen molar-refractivity contribution in [1.29, 1.82) is 5.26 Å². The van der Waals surface area contributed by atoms with Crippen molar-refractivity contribution < 1.29 is 17.9 Å². The summed E-state index contributed by atoms with van der Waals surface area (Å²) in [5.41, 5.74) is 0.551. The first-order valence-corrected chi connectivity index (χ1v) is 6.85. The SMILES string of the molecule is COc1ccc(C=C(C#N)S(C)(=O)=O)cc1OC. The fourth-order valence-corrected chi connectivity index (χ4v) is 1.83. The number of allylic oxidation sites excluding steroid dienone is 1. The predicted octanol–water partition coefficient (Wildman–Crippen LogP) is 1.61. The summed E-state index contributed by atoms with van der Waals surface area (Å²) < 4.78 is 32.7. The van der Waals surface area contributed by atoms with Crippen LogP contribution < -0.4 is 9.47 Å². The van der Waals surface area contributed by atoms with Gasteiger partial charge in [-0.05, 0) is 23.8 Å². The summed E-state index contributed by atoms with van der Waals surface area (Å²) >= 11 is 0. The molecule has 0 atom stereocenters. The molecule has 0 fully saturated rings. The molecule has 1 aromatic rings. The fourth-order valence-electron chi connectivity index (χ4n) is 1.32. The Kier molecular flexibility index (Phi) is 4.34. The summed E-state index contributed by atoms with van der Waals surface area (Å²) in [7, 11) is -0.537. The molecular weight excluding hydrogens is 254 g/mol. The minimum absolute atomic E-state index is 0.297. The molecule has 0 aliphatic heterocycles. The third-order valence-corrected chi connectivity index (χ3v) is 3.22. The van der Waals surface area contributed by atoms with Crippen LogP contribution in [0.3, 0.4) is 0 Å². The number of benzene rings is 1. The van der Waals surface area contributed by atoms with Gasteiger partial charge in [-0.25, -0.2) is 8.42 Å². The van der Waals surface area contributed by atoms with Gasteiger partial charge in [0, 0.05) is 6.26 Å². The third kappa shape index (κ3) is 3.25. The lowest BCUT2D eigenvalue weighted by Crippen LogP contribution is -1.98. The van der Waals surface area contributed by atoms with E-state index in [1.807, 2.05) is 0 Å². The maximum absolute atomic E-state index is 11.3. The van der Waals surface area contributed by atoms with Crippen LogP contribution in [0.25, 0.3) is 6.08 Å². The Morgan fingerprint density at radius 3 is 2.33 bits per heavy atom. The number of sulfone groups is 1. The van der Waals surface area contributed by atoms with E-state index in [1.54, 1.807) is 24.3 Å². The Balaban J connectivity index is 3.28. The quantitative estimate of drug-likeness (QED) is 0.775. The Labute approximate surface area is 106 Å². The molecule has 0 unspecified atom stereocenters. The van der Waals surface area contributed by atoms with Crippen molar-refractivity contribution in [2.24, 2.45) is 0 Å². The fraction of sp³-hybridized carbons (Fsp3) is 0.250. The average molecular weight is 267 g/mol. The monoisotopic (exact) mass is 267 g/mol. The van der Waals surface area contributed by atoms with Crippen LogP contribution in [0.15, 0.2) is 23.1 Å². The lowest BCUT2D eigenvalue weighted by atomic mass is 10.2.